The minimum atomic E-state index is -0.641. The molecular weight excluding hydrogens is 88.1 g/mol. The molecule has 0 spiro atoms. The highest BCUT2D eigenvalue weighted by molar-refractivity contribution is 4.96. The standard InChI is InChI=1S/C6H8O/c1-3-5-6(7)4-2/h2-3,6-7H,1,5H2/t6-/m0/s1. The summed E-state index contributed by atoms with van der Waals surface area (Å²) >= 11 is 0. The monoisotopic (exact) mass is 96.1 g/mol. The summed E-state index contributed by atoms with van der Waals surface area (Å²) in [7, 11) is 0. The molecule has 0 fully saturated rings. The van der Waals surface area contributed by atoms with Crippen LogP contribution in [0.15, 0.2) is 12.7 Å². The van der Waals surface area contributed by atoms with E-state index in [2.05, 4.69) is 12.5 Å². The Hall–Kier alpha value is -0.740. The third-order valence-corrected chi connectivity index (χ3v) is 0.582. The van der Waals surface area contributed by atoms with Gasteiger partial charge in [-0.3, -0.25) is 0 Å². The molecule has 1 heteroatoms. The molecule has 0 heterocycles. The maximum atomic E-state index is 8.55. The largest absolute Gasteiger partial charge is 0.380 e. The smallest absolute Gasteiger partial charge is 0.117 e. The second-order valence-corrected chi connectivity index (χ2v) is 1.21. The van der Waals surface area contributed by atoms with Crippen molar-refractivity contribution in [2.45, 2.75) is 12.5 Å². The van der Waals surface area contributed by atoms with Crippen molar-refractivity contribution >= 4 is 0 Å². The lowest BCUT2D eigenvalue weighted by Crippen LogP contribution is -1.98. The molecule has 0 aromatic rings. The van der Waals surface area contributed by atoms with Crippen molar-refractivity contribution in [3.63, 3.8) is 0 Å². The Balaban J connectivity index is 3.21. The van der Waals surface area contributed by atoms with Crippen molar-refractivity contribution in [1.82, 2.24) is 0 Å². The Morgan fingerprint density at radius 3 is 2.71 bits per heavy atom. The van der Waals surface area contributed by atoms with Gasteiger partial charge in [0.05, 0.1) is 0 Å². The highest BCUT2D eigenvalue weighted by Gasteiger charge is 1.89. The van der Waals surface area contributed by atoms with Crippen molar-refractivity contribution < 1.29 is 5.11 Å². The first-order valence-electron chi connectivity index (χ1n) is 2.06. The van der Waals surface area contributed by atoms with Crippen molar-refractivity contribution in [2.24, 2.45) is 0 Å². The van der Waals surface area contributed by atoms with Crippen LogP contribution < -0.4 is 0 Å². The van der Waals surface area contributed by atoms with E-state index >= 15 is 0 Å². The van der Waals surface area contributed by atoms with Crippen LogP contribution >= 0.6 is 0 Å². The first kappa shape index (κ1) is 6.26. The minimum Gasteiger partial charge on any atom is -0.380 e. The van der Waals surface area contributed by atoms with Gasteiger partial charge >= 0.3 is 0 Å². The SMILES string of the molecule is C#C[C@H](O)CC=C. The highest BCUT2D eigenvalue weighted by Crippen LogP contribution is 1.86. The fourth-order valence-electron chi connectivity index (χ4n) is 0.226. The predicted molar refractivity (Wildman–Crippen MR) is 29.7 cm³/mol. The number of aliphatic hydroxyl groups excluding tert-OH is 1. The number of rotatable bonds is 2. The van der Waals surface area contributed by atoms with Crippen molar-refractivity contribution in [2.75, 3.05) is 0 Å². The molecule has 0 saturated carbocycles. The zero-order valence-corrected chi connectivity index (χ0v) is 4.09. The van der Waals surface area contributed by atoms with Crippen LogP contribution in [0, 0.1) is 12.3 Å². The Morgan fingerprint density at radius 1 is 2.00 bits per heavy atom. The van der Waals surface area contributed by atoms with Gasteiger partial charge in [-0.05, 0) is 0 Å². The lowest BCUT2D eigenvalue weighted by Gasteiger charge is -1.92. The molecule has 1 N–H and O–H groups in total. The molecule has 0 aliphatic heterocycles. The van der Waals surface area contributed by atoms with Crippen molar-refractivity contribution in [3.8, 4) is 12.3 Å². The molecule has 1 atom stereocenters. The molecule has 0 aromatic heterocycles. The van der Waals surface area contributed by atoms with Gasteiger partial charge < -0.3 is 5.11 Å². The lowest BCUT2D eigenvalue weighted by atomic mass is 10.3. The Kier molecular flexibility index (Phi) is 3.09. The third kappa shape index (κ3) is 3.08. The second kappa shape index (κ2) is 3.45. The first-order valence-corrected chi connectivity index (χ1v) is 2.06. The minimum absolute atomic E-state index is 0.483. The molecule has 38 valence electrons. The fourth-order valence-corrected chi connectivity index (χ4v) is 0.226. The van der Waals surface area contributed by atoms with E-state index in [1.165, 1.54) is 0 Å². The summed E-state index contributed by atoms with van der Waals surface area (Å²) in [5.41, 5.74) is 0. The lowest BCUT2D eigenvalue weighted by molar-refractivity contribution is 0.236. The average Bonchev–Trinajstić information content (AvgIpc) is 1.68. The summed E-state index contributed by atoms with van der Waals surface area (Å²) < 4.78 is 0. The van der Waals surface area contributed by atoms with Gasteiger partial charge in [-0.25, -0.2) is 0 Å². The topological polar surface area (TPSA) is 20.2 Å². The quantitative estimate of drug-likeness (QED) is 0.393. The summed E-state index contributed by atoms with van der Waals surface area (Å²) in [5, 5.41) is 8.55. The van der Waals surface area contributed by atoms with Crippen molar-refractivity contribution in [1.29, 1.82) is 0 Å². The van der Waals surface area contributed by atoms with E-state index in [0.29, 0.717) is 6.42 Å². The normalized spacial score (nSPS) is 12.0. The molecule has 0 aliphatic carbocycles. The Bertz CT molecular complexity index is 88.8. The van der Waals surface area contributed by atoms with Crippen LogP contribution in [0.5, 0.6) is 0 Å². The van der Waals surface area contributed by atoms with Crippen LogP contribution in [0.3, 0.4) is 0 Å². The van der Waals surface area contributed by atoms with E-state index in [1.807, 2.05) is 0 Å². The summed E-state index contributed by atoms with van der Waals surface area (Å²) in [4.78, 5) is 0. The summed E-state index contributed by atoms with van der Waals surface area (Å²) in [6.07, 6.45) is 6.24. The highest BCUT2D eigenvalue weighted by atomic mass is 16.3. The van der Waals surface area contributed by atoms with Gasteiger partial charge in [0.25, 0.3) is 0 Å². The average molecular weight is 96.1 g/mol. The molecule has 0 unspecified atom stereocenters. The maximum absolute atomic E-state index is 8.55. The van der Waals surface area contributed by atoms with Crippen LogP contribution in [-0.4, -0.2) is 11.2 Å². The molecule has 7 heavy (non-hydrogen) atoms. The van der Waals surface area contributed by atoms with Gasteiger partial charge in [-0.2, -0.15) is 0 Å². The second-order valence-electron chi connectivity index (χ2n) is 1.21. The first-order chi connectivity index (χ1) is 3.31. The zero-order chi connectivity index (χ0) is 5.70. The number of hydrogen-bond donors (Lipinski definition) is 1. The molecule has 0 amide bonds. The number of hydrogen-bond acceptors (Lipinski definition) is 1. The van der Waals surface area contributed by atoms with E-state index in [1.54, 1.807) is 6.08 Å². The molecule has 0 aliphatic rings. The van der Waals surface area contributed by atoms with Gasteiger partial charge in [0.1, 0.15) is 6.10 Å². The molecular formula is C6H8O. The van der Waals surface area contributed by atoms with Gasteiger partial charge in [-0.1, -0.05) is 12.0 Å². The predicted octanol–water partition coefficient (Wildman–Crippen LogP) is 0.557. The van der Waals surface area contributed by atoms with E-state index < -0.39 is 6.10 Å². The van der Waals surface area contributed by atoms with Crippen molar-refractivity contribution in [3.05, 3.63) is 12.7 Å². The van der Waals surface area contributed by atoms with Gasteiger partial charge in [0.2, 0.25) is 0 Å². The molecule has 1 nitrogen and oxygen atoms in total. The number of aliphatic hydroxyl groups is 1. The molecule has 0 bridgehead atoms. The van der Waals surface area contributed by atoms with Crippen LogP contribution in [0.2, 0.25) is 0 Å². The zero-order valence-electron chi connectivity index (χ0n) is 4.09. The van der Waals surface area contributed by atoms with Gasteiger partial charge in [0, 0.05) is 6.42 Å². The van der Waals surface area contributed by atoms with Gasteiger partial charge in [0.15, 0.2) is 0 Å². The Morgan fingerprint density at radius 2 is 2.57 bits per heavy atom. The Labute approximate surface area is 43.7 Å². The molecule has 0 radical (unpaired) electrons. The van der Waals surface area contributed by atoms with Crippen LogP contribution in [0.1, 0.15) is 6.42 Å². The molecule has 0 rings (SSSR count). The van der Waals surface area contributed by atoms with Crippen LogP contribution in [-0.2, 0) is 0 Å². The van der Waals surface area contributed by atoms with Crippen LogP contribution in [0.25, 0.3) is 0 Å². The maximum Gasteiger partial charge on any atom is 0.117 e. The third-order valence-electron chi connectivity index (χ3n) is 0.582. The van der Waals surface area contributed by atoms with E-state index in [0.717, 1.165) is 0 Å². The number of terminal acetylenes is 1. The van der Waals surface area contributed by atoms with Crippen LogP contribution in [0.4, 0.5) is 0 Å². The summed E-state index contributed by atoms with van der Waals surface area (Å²) in [6, 6.07) is 0. The molecule has 0 saturated heterocycles. The summed E-state index contributed by atoms with van der Waals surface area (Å²) in [6.45, 7) is 3.39. The van der Waals surface area contributed by atoms with E-state index in [9.17, 15) is 0 Å². The molecule has 0 aromatic carbocycles. The van der Waals surface area contributed by atoms with E-state index in [4.69, 9.17) is 11.5 Å². The van der Waals surface area contributed by atoms with E-state index in [-0.39, 0.29) is 0 Å². The fraction of sp³-hybridized carbons (Fsp3) is 0.333. The summed E-state index contributed by atoms with van der Waals surface area (Å²) in [5.74, 6) is 2.15. The van der Waals surface area contributed by atoms with Gasteiger partial charge in [-0.15, -0.1) is 13.0 Å².